The summed E-state index contributed by atoms with van der Waals surface area (Å²) in [6.45, 7) is 8.95. The molecule has 4 heteroatoms. The van der Waals surface area contributed by atoms with E-state index in [0.717, 1.165) is 36.3 Å². The summed E-state index contributed by atoms with van der Waals surface area (Å²) in [6, 6.07) is 10.6. The standard InChI is InChI=1S/C21H26N2O2/c1-4-16-6-5-7-17(12-16)18-13-19(23-8-10-25-11-9-23)20(22-14-18)21(24)15(2)3/h5-7,12-15H,4,8-11H2,1-3H3. The lowest BCUT2D eigenvalue weighted by atomic mass is 9.99. The molecule has 0 amide bonds. The zero-order valence-corrected chi connectivity index (χ0v) is 15.3. The van der Waals surface area contributed by atoms with Gasteiger partial charge in [0.05, 0.1) is 18.9 Å². The molecule has 0 saturated carbocycles. The number of pyridine rings is 1. The van der Waals surface area contributed by atoms with Crippen LogP contribution in [0.2, 0.25) is 0 Å². The number of hydrogen-bond donors (Lipinski definition) is 0. The molecule has 0 radical (unpaired) electrons. The van der Waals surface area contributed by atoms with Crippen molar-refractivity contribution < 1.29 is 9.53 Å². The van der Waals surface area contributed by atoms with Crippen LogP contribution >= 0.6 is 0 Å². The normalized spacial score (nSPS) is 14.8. The molecule has 1 aliphatic rings. The van der Waals surface area contributed by atoms with Gasteiger partial charge in [-0.1, -0.05) is 45.0 Å². The largest absolute Gasteiger partial charge is 0.378 e. The molecule has 2 heterocycles. The van der Waals surface area contributed by atoms with Gasteiger partial charge in [-0.25, -0.2) is 0 Å². The lowest BCUT2D eigenvalue weighted by Crippen LogP contribution is -2.37. The molecule has 132 valence electrons. The number of rotatable bonds is 5. The highest BCUT2D eigenvalue weighted by molar-refractivity contribution is 6.01. The Morgan fingerprint density at radius 1 is 1.20 bits per heavy atom. The third kappa shape index (κ3) is 3.90. The third-order valence-electron chi connectivity index (χ3n) is 4.65. The van der Waals surface area contributed by atoms with E-state index in [0.29, 0.717) is 18.9 Å². The summed E-state index contributed by atoms with van der Waals surface area (Å²) in [6.07, 6.45) is 2.83. The monoisotopic (exact) mass is 338 g/mol. The first-order valence-corrected chi connectivity index (χ1v) is 9.06. The second-order valence-electron chi connectivity index (χ2n) is 6.76. The number of hydrogen-bond acceptors (Lipinski definition) is 4. The van der Waals surface area contributed by atoms with Crippen molar-refractivity contribution in [2.75, 3.05) is 31.2 Å². The zero-order chi connectivity index (χ0) is 17.8. The summed E-state index contributed by atoms with van der Waals surface area (Å²) in [5.74, 6) is 0.0249. The maximum Gasteiger partial charge on any atom is 0.185 e. The number of carbonyl (C=O) groups excluding carboxylic acids is 1. The van der Waals surface area contributed by atoms with Crippen molar-refractivity contribution in [1.29, 1.82) is 0 Å². The minimum atomic E-state index is -0.0680. The van der Waals surface area contributed by atoms with Gasteiger partial charge in [0.15, 0.2) is 5.78 Å². The average Bonchev–Trinajstić information content (AvgIpc) is 2.67. The number of anilines is 1. The van der Waals surface area contributed by atoms with Gasteiger partial charge in [0.2, 0.25) is 0 Å². The van der Waals surface area contributed by atoms with Gasteiger partial charge in [0, 0.05) is 30.8 Å². The van der Waals surface area contributed by atoms with E-state index in [1.54, 1.807) is 0 Å². The van der Waals surface area contributed by atoms with Gasteiger partial charge in [0.25, 0.3) is 0 Å². The molecular weight excluding hydrogens is 312 g/mol. The van der Waals surface area contributed by atoms with Crippen LogP contribution in [-0.2, 0) is 11.2 Å². The summed E-state index contributed by atoms with van der Waals surface area (Å²) in [5.41, 5.74) is 5.00. The van der Waals surface area contributed by atoms with Crippen molar-refractivity contribution in [2.45, 2.75) is 27.2 Å². The number of ether oxygens (including phenoxy) is 1. The molecule has 0 bridgehead atoms. The Hall–Kier alpha value is -2.20. The van der Waals surface area contributed by atoms with Crippen LogP contribution in [0.3, 0.4) is 0 Å². The fourth-order valence-corrected chi connectivity index (χ4v) is 3.09. The minimum absolute atomic E-state index is 0.0680. The van der Waals surface area contributed by atoms with Gasteiger partial charge in [-0.3, -0.25) is 9.78 Å². The SMILES string of the molecule is CCc1cccc(-c2cnc(C(=O)C(C)C)c(N3CCOCC3)c2)c1. The van der Waals surface area contributed by atoms with Crippen LogP contribution in [0, 0.1) is 5.92 Å². The van der Waals surface area contributed by atoms with Gasteiger partial charge in [-0.2, -0.15) is 0 Å². The molecule has 3 rings (SSSR count). The predicted molar refractivity (Wildman–Crippen MR) is 101 cm³/mol. The van der Waals surface area contributed by atoms with Crippen LogP contribution in [0.25, 0.3) is 11.1 Å². The fraction of sp³-hybridized carbons (Fsp3) is 0.429. The molecule has 0 unspecified atom stereocenters. The van der Waals surface area contributed by atoms with E-state index in [2.05, 4.69) is 47.1 Å². The molecule has 0 spiro atoms. The van der Waals surface area contributed by atoms with Crippen molar-refractivity contribution in [3.8, 4) is 11.1 Å². The van der Waals surface area contributed by atoms with Crippen LogP contribution in [-0.4, -0.2) is 37.1 Å². The molecule has 4 nitrogen and oxygen atoms in total. The van der Waals surface area contributed by atoms with Crippen molar-refractivity contribution in [3.63, 3.8) is 0 Å². The summed E-state index contributed by atoms with van der Waals surface area (Å²) in [4.78, 5) is 19.4. The smallest absolute Gasteiger partial charge is 0.185 e. The first-order chi connectivity index (χ1) is 12.1. The molecule has 1 saturated heterocycles. The molecule has 1 aromatic heterocycles. The molecule has 1 aliphatic heterocycles. The molecule has 0 atom stereocenters. The molecular formula is C21H26N2O2. The van der Waals surface area contributed by atoms with Crippen LogP contribution in [0.1, 0.15) is 36.8 Å². The highest BCUT2D eigenvalue weighted by Gasteiger charge is 2.22. The zero-order valence-electron chi connectivity index (χ0n) is 15.3. The minimum Gasteiger partial charge on any atom is -0.378 e. The van der Waals surface area contributed by atoms with Crippen LogP contribution in [0.4, 0.5) is 5.69 Å². The molecule has 25 heavy (non-hydrogen) atoms. The van der Waals surface area contributed by atoms with E-state index in [4.69, 9.17) is 4.74 Å². The highest BCUT2D eigenvalue weighted by Crippen LogP contribution is 2.29. The fourth-order valence-electron chi connectivity index (χ4n) is 3.09. The number of benzene rings is 1. The molecule has 0 N–H and O–H groups in total. The maximum absolute atomic E-state index is 12.6. The first kappa shape index (κ1) is 17.6. The molecule has 1 aromatic carbocycles. The van der Waals surface area contributed by atoms with E-state index >= 15 is 0 Å². The van der Waals surface area contributed by atoms with Crippen LogP contribution in [0.5, 0.6) is 0 Å². The third-order valence-corrected chi connectivity index (χ3v) is 4.65. The Balaban J connectivity index is 2.05. The quantitative estimate of drug-likeness (QED) is 0.773. The number of aromatic nitrogens is 1. The average molecular weight is 338 g/mol. The predicted octanol–water partition coefficient (Wildman–Crippen LogP) is 3.99. The van der Waals surface area contributed by atoms with E-state index in [1.165, 1.54) is 5.56 Å². The Labute approximate surface area is 149 Å². The van der Waals surface area contributed by atoms with Gasteiger partial charge in [0.1, 0.15) is 5.69 Å². The van der Waals surface area contributed by atoms with Gasteiger partial charge in [-0.15, -0.1) is 0 Å². The summed E-state index contributed by atoms with van der Waals surface area (Å²) < 4.78 is 5.47. The lowest BCUT2D eigenvalue weighted by molar-refractivity contribution is 0.0933. The Kier molecular flexibility index (Phi) is 5.49. The van der Waals surface area contributed by atoms with Crippen LogP contribution in [0.15, 0.2) is 36.5 Å². The van der Waals surface area contributed by atoms with Crippen molar-refractivity contribution in [3.05, 3.63) is 47.8 Å². The number of morpholine rings is 1. The van der Waals surface area contributed by atoms with E-state index < -0.39 is 0 Å². The Bertz CT molecular complexity index is 749. The van der Waals surface area contributed by atoms with E-state index in [9.17, 15) is 4.79 Å². The second-order valence-corrected chi connectivity index (χ2v) is 6.76. The lowest BCUT2D eigenvalue weighted by Gasteiger charge is -2.30. The second kappa shape index (κ2) is 7.79. The summed E-state index contributed by atoms with van der Waals surface area (Å²) >= 11 is 0. The molecule has 0 aliphatic carbocycles. The van der Waals surface area contributed by atoms with E-state index in [1.807, 2.05) is 20.0 Å². The number of nitrogens with zero attached hydrogens (tertiary/aromatic N) is 2. The van der Waals surface area contributed by atoms with Gasteiger partial charge >= 0.3 is 0 Å². The number of aryl methyl sites for hydroxylation is 1. The van der Waals surface area contributed by atoms with Gasteiger partial charge < -0.3 is 9.64 Å². The van der Waals surface area contributed by atoms with E-state index in [-0.39, 0.29) is 11.7 Å². The number of Topliss-reactive ketones (excluding diaryl/α,β-unsaturated/α-hetero) is 1. The van der Waals surface area contributed by atoms with Crippen molar-refractivity contribution in [1.82, 2.24) is 4.98 Å². The molecule has 2 aromatic rings. The number of carbonyl (C=O) groups is 1. The number of ketones is 1. The highest BCUT2D eigenvalue weighted by atomic mass is 16.5. The maximum atomic E-state index is 12.6. The van der Waals surface area contributed by atoms with Gasteiger partial charge in [-0.05, 0) is 23.6 Å². The Morgan fingerprint density at radius 2 is 1.96 bits per heavy atom. The Morgan fingerprint density at radius 3 is 2.64 bits per heavy atom. The summed E-state index contributed by atoms with van der Waals surface area (Å²) in [5, 5.41) is 0. The van der Waals surface area contributed by atoms with Crippen molar-refractivity contribution >= 4 is 11.5 Å². The van der Waals surface area contributed by atoms with Crippen molar-refractivity contribution in [2.24, 2.45) is 5.92 Å². The summed E-state index contributed by atoms with van der Waals surface area (Å²) in [7, 11) is 0. The van der Waals surface area contributed by atoms with Crippen LogP contribution < -0.4 is 4.90 Å². The first-order valence-electron chi connectivity index (χ1n) is 9.06. The molecule has 1 fully saturated rings. The topological polar surface area (TPSA) is 42.4 Å².